The Morgan fingerprint density at radius 2 is 2.42 bits per heavy atom. The smallest absolute Gasteiger partial charge is 0.274 e. The van der Waals surface area contributed by atoms with Crippen LogP contribution in [0.4, 0.5) is 0 Å². The summed E-state index contributed by atoms with van der Waals surface area (Å²) in [5.74, 6) is -0.0269. The largest absolute Gasteiger partial charge is 0.329 e. The second kappa shape index (κ2) is 4.98. The summed E-state index contributed by atoms with van der Waals surface area (Å²) in [4.78, 5) is 15.8. The van der Waals surface area contributed by atoms with Gasteiger partial charge in [-0.3, -0.25) is 9.48 Å². The van der Waals surface area contributed by atoms with E-state index in [1.54, 1.807) is 23.1 Å². The maximum atomic E-state index is 12.6. The van der Waals surface area contributed by atoms with E-state index in [4.69, 9.17) is 11.6 Å². The molecule has 1 fully saturated rings. The number of carbonyl (C=O) groups excluding carboxylic acids is 1. The predicted octanol–water partition coefficient (Wildman–Crippen LogP) is 3.11. The van der Waals surface area contributed by atoms with Gasteiger partial charge in [-0.2, -0.15) is 5.10 Å². The normalized spacial score (nSPS) is 19.1. The highest BCUT2D eigenvalue weighted by atomic mass is 35.5. The van der Waals surface area contributed by atoms with Gasteiger partial charge in [-0.1, -0.05) is 17.7 Å². The molecule has 1 saturated heterocycles. The fourth-order valence-electron chi connectivity index (χ4n) is 2.57. The topological polar surface area (TPSA) is 38.1 Å². The molecule has 1 aliphatic rings. The fraction of sp³-hybridized carbons (Fsp3) is 0.385. The van der Waals surface area contributed by atoms with Crippen LogP contribution in [-0.4, -0.2) is 27.1 Å². The number of carbonyl (C=O) groups is 1. The first-order valence-corrected chi connectivity index (χ1v) is 7.46. The van der Waals surface area contributed by atoms with Gasteiger partial charge in [0.25, 0.3) is 5.91 Å². The van der Waals surface area contributed by atoms with E-state index < -0.39 is 0 Å². The zero-order valence-corrected chi connectivity index (χ0v) is 12.1. The summed E-state index contributed by atoms with van der Waals surface area (Å²) >= 11 is 7.76. The van der Waals surface area contributed by atoms with Crippen molar-refractivity contribution >= 4 is 28.8 Å². The standard InChI is InChI=1S/C13H14ClN3OS/c1-16-12(9(14)8-15-16)13(18)17-6-2-4-10(17)11-5-3-7-19-11/h3,5,7-8,10H,2,4,6H2,1H3/t10-/m0/s1. The Morgan fingerprint density at radius 3 is 3.05 bits per heavy atom. The van der Waals surface area contributed by atoms with E-state index in [9.17, 15) is 4.79 Å². The first-order chi connectivity index (χ1) is 9.18. The SMILES string of the molecule is Cn1ncc(Cl)c1C(=O)N1CCC[C@H]1c1cccs1. The molecule has 0 bridgehead atoms. The molecule has 1 amide bonds. The van der Waals surface area contributed by atoms with Crippen LogP contribution in [-0.2, 0) is 7.05 Å². The number of likely N-dealkylation sites (tertiary alicyclic amines) is 1. The van der Waals surface area contributed by atoms with Crippen molar-refractivity contribution in [3.63, 3.8) is 0 Å². The van der Waals surface area contributed by atoms with Crippen LogP contribution in [0.5, 0.6) is 0 Å². The van der Waals surface area contributed by atoms with Crippen molar-refractivity contribution in [2.75, 3.05) is 6.54 Å². The van der Waals surface area contributed by atoms with Crippen molar-refractivity contribution in [3.8, 4) is 0 Å². The number of aryl methyl sites for hydroxylation is 1. The van der Waals surface area contributed by atoms with E-state index in [0.717, 1.165) is 19.4 Å². The number of rotatable bonds is 2. The van der Waals surface area contributed by atoms with E-state index in [1.165, 1.54) is 11.1 Å². The quantitative estimate of drug-likeness (QED) is 0.854. The van der Waals surface area contributed by atoms with Gasteiger partial charge in [0.05, 0.1) is 17.3 Å². The van der Waals surface area contributed by atoms with Gasteiger partial charge >= 0.3 is 0 Å². The highest BCUT2D eigenvalue weighted by Gasteiger charge is 2.33. The Balaban J connectivity index is 1.91. The molecule has 4 nitrogen and oxygen atoms in total. The molecule has 2 aromatic rings. The Morgan fingerprint density at radius 1 is 1.58 bits per heavy atom. The van der Waals surface area contributed by atoms with E-state index in [0.29, 0.717) is 10.7 Å². The molecule has 0 aliphatic carbocycles. The van der Waals surface area contributed by atoms with E-state index in [2.05, 4.69) is 11.2 Å². The third kappa shape index (κ3) is 2.17. The van der Waals surface area contributed by atoms with Gasteiger partial charge < -0.3 is 4.90 Å². The Bertz CT molecular complexity index is 574. The number of halogens is 1. The van der Waals surface area contributed by atoms with Gasteiger partial charge in [0.15, 0.2) is 0 Å². The number of amides is 1. The summed E-state index contributed by atoms with van der Waals surface area (Å²) in [6.45, 7) is 0.781. The van der Waals surface area contributed by atoms with E-state index >= 15 is 0 Å². The number of hydrogen-bond acceptors (Lipinski definition) is 3. The van der Waals surface area contributed by atoms with Crippen LogP contribution in [0, 0.1) is 0 Å². The van der Waals surface area contributed by atoms with Crippen molar-refractivity contribution in [3.05, 3.63) is 39.3 Å². The van der Waals surface area contributed by atoms with Gasteiger partial charge in [0, 0.05) is 18.5 Å². The Labute approximate surface area is 120 Å². The van der Waals surface area contributed by atoms with Crippen molar-refractivity contribution < 1.29 is 4.79 Å². The number of nitrogens with zero attached hydrogens (tertiary/aromatic N) is 3. The first kappa shape index (κ1) is 12.7. The van der Waals surface area contributed by atoms with Crippen LogP contribution >= 0.6 is 22.9 Å². The molecule has 0 radical (unpaired) electrons. The molecule has 0 spiro atoms. The zero-order chi connectivity index (χ0) is 13.4. The third-order valence-electron chi connectivity index (χ3n) is 3.48. The van der Waals surface area contributed by atoms with Crippen molar-refractivity contribution in [2.24, 2.45) is 7.05 Å². The minimum Gasteiger partial charge on any atom is -0.329 e. The summed E-state index contributed by atoms with van der Waals surface area (Å²) < 4.78 is 1.55. The lowest BCUT2D eigenvalue weighted by molar-refractivity contribution is 0.0727. The van der Waals surface area contributed by atoms with Gasteiger partial charge in [-0.25, -0.2) is 0 Å². The molecule has 1 aliphatic heterocycles. The molecule has 1 atom stereocenters. The van der Waals surface area contributed by atoms with Gasteiger partial charge in [-0.05, 0) is 24.3 Å². The lowest BCUT2D eigenvalue weighted by Gasteiger charge is -2.24. The van der Waals surface area contributed by atoms with Crippen molar-refractivity contribution in [1.29, 1.82) is 0 Å². The molecule has 19 heavy (non-hydrogen) atoms. The monoisotopic (exact) mass is 295 g/mol. The van der Waals surface area contributed by atoms with Crippen LogP contribution < -0.4 is 0 Å². The Hall–Kier alpha value is -1.33. The second-order valence-corrected chi connectivity index (χ2v) is 6.02. The van der Waals surface area contributed by atoms with Crippen LogP contribution in [0.2, 0.25) is 5.02 Å². The maximum Gasteiger partial charge on any atom is 0.274 e. The summed E-state index contributed by atoms with van der Waals surface area (Å²) in [5.41, 5.74) is 0.477. The average molecular weight is 296 g/mol. The summed E-state index contributed by atoms with van der Waals surface area (Å²) in [7, 11) is 1.75. The minimum absolute atomic E-state index is 0.0269. The highest BCUT2D eigenvalue weighted by Crippen LogP contribution is 2.36. The van der Waals surface area contributed by atoms with Gasteiger partial charge in [0.1, 0.15) is 5.69 Å². The van der Waals surface area contributed by atoms with Gasteiger partial charge in [0.2, 0.25) is 0 Å². The second-order valence-electron chi connectivity index (χ2n) is 4.64. The third-order valence-corrected chi connectivity index (χ3v) is 4.73. The Kier molecular flexibility index (Phi) is 3.33. The predicted molar refractivity (Wildman–Crippen MR) is 75.5 cm³/mol. The molecule has 0 unspecified atom stereocenters. The molecular formula is C13H14ClN3OS. The number of aromatic nitrogens is 2. The van der Waals surface area contributed by atoms with Gasteiger partial charge in [-0.15, -0.1) is 11.3 Å². The summed E-state index contributed by atoms with van der Waals surface area (Å²) in [6.07, 6.45) is 3.57. The van der Waals surface area contributed by atoms with Crippen LogP contribution in [0.1, 0.15) is 34.2 Å². The van der Waals surface area contributed by atoms with Crippen LogP contribution in [0.3, 0.4) is 0 Å². The summed E-state index contributed by atoms with van der Waals surface area (Å²) in [5, 5.41) is 6.51. The molecule has 3 rings (SSSR count). The maximum absolute atomic E-state index is 12.6. The lowest BCUT2D eigenvalue weighted by Crippen LogP contribution is -2.31. The lowest BCUT2D eigenvalue weighted by atomic mass is 10.2. The molecule has 100 valence electrons. The van der Waals surface area contributed by atoms with E-state index in [1.807, 2.05) is 16.3 Å². The van der Waals surface area contributed by atoms with Crippen LogP contribution in [0.25, 0.3) is 0 Å². The van der Waals surface area contributed by atoms with Crippen molar-refractivity contribution in [1.82, 2.24) is 14.7 Å². The molecular weight excluding hydrogens is 282 g/mol. The average Bonchev–Trinajstić information content (AvgIpc) is 3.08. The molecule has 3 heterocycles. The molecule has 0 aromatic carbocycles. The van der Waals surface area contributed by atoms with E-state index in [-0.39, 0.29) is 11.9 Å². The molecule has 0 saturated carbocycles. The molecule has 6 heteroatoms. The van der Waals surface area contributed by atoms with Crippen LogP contribution in [0.15, 0.2) is 23.7 Å². The van der Waals surface area contributed by atoms with Crippen molar-refractivity contribution in [2.45, 2.75) is 18.9 Å². The molecule has 2 aromatic heterocycles. The number of thiophene rings is 1. The zero-order valence-electron chi connectivity index (χ0n) is 10.5. The fourth-order valence-corrected chi connectivity index (χ4v) is 3.69. The number of hydrogen-bond donors (Lipinski definition) is 0. The minimum atomic E-state index is -0.0269. The first-order valence-electron chi connectivity index (χ1n) is 6.20. The summed E-state index contributed by atoms with van der Waals surface area (Å²) in [6, 6.07) is 4.29. The molecule has 0 N–H and O–H groups in total. The highest BCUT2D eigenvalue weighted by molar-refractivity contribution is 7.10.